The van der Waals surface area contributed by atoms with E-state index in [2.05, 4.69) is 5.32 Å². The molecule has 0 bridgehead atoms. The highest BCUT2D eigenvalue weighted by Crippen LogP contribution is 2.29. The average molecular weight is 558 g/mol. The smallest absolute Gasteiger partial charge is 0.347 e. The summed E-state index contributed by atoms with van der Waals surface area (Å²) in [5, 5.41) is 12.8. The van der Waals surface area contributed by atoms with E-state index in [1.807, 2.05) is 78.9 Å². The number of nitrogens with one attached hydrogen (secondary N) is 1. The number of anilines is 1. The first-order valence-electron chi connectivity index (χ1n) is 13.2. The Bertz CT molecular complexity index is 1430. The maximum atomic E-state index is 11.5. The number of methoxy groups -OCH3 is 2. The average Bonchev–Trinajstić information content (AvgIpc) is 2.98. The maximum absolute atomic E-state index is 11.5. The molecule has 0 aliphatic carbocycles. The number of benzene rings is 4. The maximum Gasteiger partial charge on any atom is 0.347 e. The molecule has 8 nitrogen and oxygen atoms in total. The molecule has 0 fully saturated rings. The molecule has 214 valence electrons. The topological polar surface area (TPSA) is 95.5 Å². The molecule has 0 aliphatic heterocycles. The van der Waals surface area contributed by atoms with Gasteiger partial charge in [0.05, 0.1) is 14.2 Å². The number of aliphatic carboxylic acids is 1. The third-order valence-electron chi connectivity index (χ3n) is 6.36. The van der Waals surface area contributed by atoms with Gasteiger partial charge in [-0.15, -0.1) is 0 Å². The normalized spacial score (nSPS) is 10.9. The predicted octanol–water partition coefficient (Wildman–Crippen LogP) is 6.72. The molecule has 0 unspecified atom stereocenters. The van der Waals surface area contributed by atoms with Crippen LogP contribution in [0.2, 0.25) is 0 Å². The van der Waals surface area contributed by atoms with E-state index in [9.17, 15) is 9.90 Å². The Hall–Kier alpha value is -4.85. The zero-order valence-electron chi connectivity index (χ0n) is 23.7. The highest BCUT2D eigenvalue weighted by molar-refractivity contribution is 5.76. The fourth-order valence-electron chi connectivity index (χ4n) is 3.88. The van der Waals surface area contributed by atoms with E-state index >= 15 is 0 Å². The molecule has 0 spiro atoms. The first-order valence-corrected chi connectivity index (χ1v) is 13.2. The molecule has 4 rings (SSSR count). The van der Waals surface area contributed by atoms with Crippen molar-refractivity contribution in [1.29, 1.82) is 0 Å². The molecule has 0 amide bonds. The third-order valence-corrected chi connectivity index (χ3v) is 6.36. The van der Waals surface area contributed by atoms with Crippen molar-refractivity contribution in [2.75, 3.05) is 19.5 Å². The van der Waals surface area contributed by atoms with Crippen molar-refractivity contribution in [1.82, 2.24) is 0 Å². The summed E-state index contributed by atoms with van der Waals surface area (Å²) in [6, 6.07) is 28.4. The summed E-state index contributed by atoms with van der Waals surface area (Å²) >= 11 is 0. The lowest BCUT2D eigenvalue weighted by Gasteiger charge is -2.22. The van der Waals surface area contributed by atoms with E-state index in [0.717, 1.165) is 33.9 Å². The molecule has 0 atom stereocenters. The van der Waals surface area contributed by atoms with Gasteiger partial charge >= 0.3 is 5.97 Å². The van der Waals surface area contributed by atoms with Crippen molar-refractivity contribution in [2.24, 2.45) is 0 Å². The molecule has 0 aliphatic rings. The van der Waals surface area contributed by atoms with Crippen LogP contribution in [-0.2, 0) is 24.6 Å². The van der Waals surface area contributed by atoms with Gasteiger partial charge in [0, 0.05) is 29.9 Å². The largest absolute Gasteiger partial charge is 0.497 e. The Morgan fingerprint density at radius 2 is 1.32 bits per heavy atom. The second-order valence-corrected chi connectivity index (χ2v) is 9.84. The van der Waals surface area contributed by atoms with Crippen LogP contribution < -0.4 is 29.0 Å². The SMILES string of the molecule is COc1ccc(COc2ccc(CNc3cccc(OC(C)(C)C(=O)O)c3)c(OCc3ccc(OC)cc3)c2)cc1. The molecular weight excluding hydrogens is 522 g/mol. The Balaban J connectivity index is 1.48. The molecular formula is C33H35NO7. The molecule has 0 radical (unpaired) electrons. The molecule has 0 aromatic heterocycles. The summed E-state index contributed by atoms with van der Waals surface area (Å²) in [7, 11) is 3.27. The minimum atomic E-state index is -1.34. The van der Waals surface area contributed by atoms with Crippen LogP contribution in [-0.4, -0.2) is 30.9 Å². The van der Waals surface area contributed by atoms with Crippen molar-refractivity contribution in [3.05, 3.63) is 108 Å². The molecule has 8 heteroatoms. The number of hydrogen-bond donors (Lipinski definition) is 2. The van der Waals surface area contributed by atoms with Gasteiger partial charge in [0.25, 0.3) is 0 Å². The van der Waals surface area contributed by atoms with Crippen LogP contribution in [0.3, 0.4) is 0 Å². The van der Waals surface area contributed by atoms with Gasteiger partial charge in [0.1, 0.15) is 42.0 Å². The third kappa shape index (κ3) is 8.32. The fraction of sp³-hybridized carbons (Fsp3) is 0.242. The Morgan fingerprint density at radius 3 is 1.90 bits per heavy atom. The highest BCUT2D eigenvalue weighted by atomic mass is 16.5. The van der Waals surface area contributed by atoms with Crippen LogP contribution in [0, 0.1) is 0 Å². The summed E-state index contributed by atoms with van der Waals surface area (Å²) in [6.45, 7) is 4.26. The zero-order chi connectivity index (χ0) is 29.2. The molecule has 0 saturated heterocycles. The monoisotopic (exact) mass is 557 g/mol. The van der Waals surface area contributed by atoms with Crippen LogP contribution in [0.1, 0.15) is 30.5 Å². The number of rotatable bonds is 14. The summed E-state index contributed by atoms with van der Waals surface area (Å²) in [6.07, 6.45) is 0. The molecule has 0 saturated carbocycles. The second kappa shape index (κ2) is 13.5. The number of carboxylic acids is 1. The van der Waals surface area contributed by atoms with Gasteiger partial charge in [-0.05, 0) is 73.5 Å². The Labute approximate surface area is 240 Å². The van der Waals surface area contributed by atoms with E-state index in [1.54, 1.807) is 26.4 Å². The summed E-state index contributed by atoms with van der Waals surface area (Å²) in [4.78, 5) is 11.5. The van der Waals surface area contributed by atoms with Crippen molar-refractivity contribution in [2.45, 2.75) is 39.2 Å². The standard InChI is InChI=1S/C33H35NO7/c1-33(2,32(35)36)41-30-7-5-6-26(18-30)34-20-25-12-17-29(39-21-23-8-13-27(37-3)14-9-23)19-31(25)40-22-24-10-15-28(38-4)16-11-24/h5-19,34H,20-22H2,1-4H3,(H,35,36). The van der Waals surface area contributed by atoms with E-state index in [1.165, 1.54) is 13.8 Å². The van der Waals surface area contributed by atoms with Gasteiger partial charge in [-0.2, -0.15) is 0 Å². The van der Waals surface area contributed by atoms with E-state index < -0.39 is 11.6 Å². The second-order valence-electron chi connectivity index (χ2n) is 9.84. The van der Waals surface area contributed by atoms with E-state index in [-0.39, 0.29) is 0 Å². The van der Waals surface area contributed by atoms with Gasteiger partial charge in [-0.25, -0.2) is 4.79 Å². The van der Waals surface area contributed by atoms with Crippen molar-refractivity contribution >= 4 is 11.7 Å². The van der Waals surface area contributed by atoms with Gasteiger partial charge in [0.15, 0.2) is 5.60 Å². The number of ether oxygens (including phenoxy) is 5. The zero-order valence-corrected chi connectivity index (χ0v) is 23.7. The van der Waals surface area contributed by atoms with Crippen molar-refractivity contribution in [3.8, 4) is 28.7 Å². The van der Waals surface area contributed by atoms with Gasteiger partial charge < -0.3 is 34.1 Å². The van der Waals surface area contributed by atoms with Gasteiger partial charge in [-0.1, -0.05) is 30.3 Å². The first-order chi connectivity index (χ1) is 19.8. The quantitative estimate of drug-likeness (QED) is 0.177. The summed E-state index contributed by atoms with van der Waals surface area (Å²) < 4.78 is 28.5. The van der Waals surface area contributed by atoms with Gasteiger partial charge in [0.2, 0.25) is 0 Å². The molecule has 2 N–H and O–H groups in total. The van der Waals surface area contributed by atoms with Crippen LogP contribution in [0.15, 0.2) is 91.0 Å². The Morgan fingerprint density at radius 1 is 0.732 bits per heavy atom. The highest BCUT2D eigenvalue weighted by Gasteiger charge is 2.29. The predicted molar refractivity (Wildman–Crippen MR) is 157 cm³/mol. The summed E-state index contributed by atoms with van der Waals surface area (Å²) in [5.74, 6) is 2.36. The number of carboxylic acid groups (broad SMARTS) is 1. The van der Waals surface area contributed by atoms with Crippen molar-refractivity contribution in [3.63, 3.8) is 0 Å². The molecule has 4 aromatic carbocycles. The lowest BCUT2D eigenvalue weighted by atomic mass is 10.1. The number of hydrogen-bond acceptors (Lipinski definition) is 7. The minimum absolute atomic E-state index is 0.368. The van der Waals surface area contributed by atoms with E-state index in [0.29, 0.717) is 37.0 Å². The van der Waals surface area contributed by atoms with Crippen LogP contribution >= 0.6 is 0 Å². The fourth-order valence-corrected chi connectivity index (χ4v) is 3.88. The van der Waals surface area contributed by atoms with Crippen LogP contribution in [0.4, 0.5) is 5.69 Å². The minimum Gasteiger partial charge on any atom is -0.497 e. The van der Waals surface area contributed by atoms with Crippen LogP contribution in [0.25, 0.3) is 0 Å². The molecule has 4 aromatic rings. The van der Waals surface area contributed by atoms with Crippen molar-refractivity contribution < 1.29 is 33.6 Å². The lowest BCUT2D eigenvalue weighted by molar-refractivity contribution is -0.152. The molecule has 0 heterocycles. The number of carbonyl (C=O) groups is 1. The first kappa shape index (κ1) is 29.1. The van der Waals surface area contributed by atoms with E-state index in [4.69, 9.17) is 23.7 Å². The Kier molecular flexibility index (Phi) is 9.58. The summed E-state index contributed by atoms with van der Waals surface area (Å²) in [5.41, 5.74) is 2.38. The van der Waals surface area contributed by atoms with Gasteiger partial charge in [-0.3, -0.25) is 0 Å². The molecule has 41 heavy (non-hydrogen) atoms. The van der Waals surface area contributed by atoms with Crippen LogP contribution in [0.5, 0.6) is 28.7 Å². The lowest BCUT2D eigenvalue weighted by Crippen LogP contribution is -2.37.